The van der Waals surface area contributed by atoms with Gasteiger partial charge in [-0.2, -0.15) is 4.31 Å². The van der Waals surface area contributed by atoms with Gasteiger partial charge in [-0.3, -0.25) is 4.98 Å². The van der Waals surface area contributed by atoms with E-state index in [0.29, 0.717) is 11.4 Å². The van der Waals surface area contributed by atoms with Gasteiger partial charge in [0.25, 0.3) is 0 Å². The molecule has 1 aromatic heterocycles. The summed E-state index contributed by atoms with van der Waals surface area (Å²) in [6, 6.07) is 5.51. The molecule has 0 amide bonds. The van der Waals surface area contributed by atoms with Crippen LogP contribution in [0.2, 0.25) is 0 Å². The van der Waals surface area contributed by atoms with Crippen LogP contribution in [0.3, 0.4) is 0 Å². The van der Waals surface area contributed by atoms with Crippen LogP contribution in [-0.4, -0.2) is 30.3 Å². The molecule has 5 heteroatoms. The van der Waals surface area contributed by atoms with Crippen LogP contribution in [0.1, 0.15) is 38.2 Å². The van der Waals surface area contributed by atoms with Gasteiger partial charge in [0.15, 0.2) is 0 Å². The van der Waals surface area contributed by atoms with Crippen LogP contribution in [0.25, 0.3) is 10.8 Å². The number of benzene rings is 1. The Morgan fingerprint density at radius 2 is 2.00 bits per heavy atom. The van der Waals surface area contributed by atoms with Crippen LogP contribution in [0.5, 0.6) is 0 Å². The normalized spacial score (nSPS) is 20.9. The van der Waals surface area contributed by atoms with Crippen molar-refractivity contribution in [2.24, 2.45) is 0 Å². The molecule has 1 aliphatic heterocycles. The summed E-state index contributed by atoms with van der Waals surface area (Å²) >= 11 is 0. The summed E-state index contributed by atoms with van der Waals surface area (Å²) < 4.78 is 28.1. The number of nitrogens with zero attached hydrogens (tertiary/aromatic N) is 2. The molecule has 0 N–H and O–H groups in total. The summed E-state index contributed by atoms with van der Waals surface area (Å²) in [7, 11) is -3.48. The van der Waals surface area contributed by atoms with Gasteiger partial charge in [0.2, 0.25) is 10.0 Å². The summed E-state index contributed by atoms with van der Waals surface area (Å²) in [6.07, 6.45) is 7.54. The van der Waals surface area contributed by atoms with E-state index in [-0.39, 0.29) is 6.04 Å². The lowest BCUT2D eigenvalue weighted by Gasteiger charge is -2.27. The van der Waals surface area contributed by atoms with Gasteiger partial charge < -0.3 is 0 Å². The quantitative estimate of drug-likeness (QED) is 0.851. The van der Waals surface area contributed by atoms with Crippen LogP contribution in [0.4, 0.5) is 0 Å². The van der Waals surface area contributed by atoms with Crippen LogP contribution < -0.4 is 0 Å². The van der Waals surface area contributed by atoms with Crippen molar-refractivity contribution in [3.63, 3.8) is 0 Å². The average molecular weight is 318 g/mol. The van der Waals surface area contributed by atoms with Gasteiger partial charge in [-0.15, -0.1) is 0 Å². The fraction of sp³-hybridized carbons (Fsp3) is 0.471. The highest BCUT2D eigenvalue weighted by Crippen LogP contribution is 2.30. The van der Waals surface area contributed by atoms with E-state index in [0.717, 1.165) is 42.0 Å². The van der Waals surface area contributed by atoms with E-state index in [1.165, 1.54) is 0 Å². The fourth-order valence-electron chi connectivity index (χ4n) is 3.32. The molecule has 0 bridgehead atoms. The van der Waals surface area contributed by atoms with Gasteiger partial charge >= 0.3 is 0 Å². The maximum Gasteiger partial charge on any atom is 0.243 e. The molecule has 1 aromatic carbocycles. The van der Waals surface area contributed by atoms with Gasteiger partial charge in [0, 0.05) is 35.8 Å². The smallest absolute Gasteiger partial charge is 0.243 e. The second-order valence-electron chi connectivity index (χ2n) is 6.12. The standard InChI is InChI=1S/C17H22N2O2S/c1-13-11-18-12-15-8-6-9-16(17(13)15)22(20,21)19-10-5-3-4-7-14(19)2/h6,8-9,11-12,14H,3-5,7,10H2,1-2H3/t14-/m0/s1. The molecule has 0 radical (unpaired) electrons. The molecule has 0 unspecified atom stereocenters. The van der Waals surface area contributed by atoms with E-state index < -0.39 is 10.0 Å². The zero-order chi connectivity index (χ0) is 15.7. The summed E-state index contributed by atoms with van der Waals surface area (Å²) in [6.45, 7) is 4.55. The molecule has 1 aliphatic rings. The second kappa shape index (κ2) is 5.97. The number of rotatable bonds is 2. The highest BCUT2D eigenvalue weighted by atomic mass is 32.2. The minimum absolute atomic E-state index is 0.0601. The molecule has 1 saturated heterocycles. The van der Waals surface area contributed by atoms with E-state index >= 15 is 0 Å². The monoisotopic (exact) mass is 318 g/mol. The second-order valence-corrected chi connectivity index (χ2v) is 7.98. The number of hydrogen-bond donors (Lipinski definition) is 0. The SMILES string of the molecule is Cc1cncc2cccc(S(=O)(=O)N3CCCCC[C@@H]3C)c12. The van der Waals surface area contributed by atoms with Crippen molar-refractivity contribution in [3.05, 3.63) is 36.2 Å². The third kappa shape index (κ3) is 2.63. The Bertz CT molecular complexity index is 781. The van der Waals surface area contributed by atoms with Crippen molar-refractivity contribution in [2.75, 3.05) is 6.54 Å². The van der Waals surface area contributed by atoms with Crippen molar-refractivity contribution < 1.29 is 8.42 Å². The lowest BCUT2D eigenvalue weighted by molar-refractivity contribution is 0.342. The lowest BCUT2D eigenvalue weighted by Crippen LogP contribution is -2.38. The number of aryl methyl sites for hydroxylation is 1. The van der Waals surface area contributed by atoms with Crippen molar-refractivity contribution in [1.82, 2.24) is 9.29 Å². The summed E-state index contributed by atoms with van der Waals surface area (Å²) in [5.74, 6) is 0. The first-order valence-corrected chi connectivity index (χ1v) is 9.31. The number of sulfonamides is 1. The van der Waals surface area contributed by atoms with Gasteiger partial charge in [-0.05, 0) is 38.3 Å². The van der Waals surface area contributed by atoms with E-state index in [9.17, 15) is 8.42 Å². The zero-order valence-corrected chi connectivity index (χ0v) is 13.9. The minimum Gasteiger partial charge on any atom is -0.264 e. The van der Waals surface area contributed by atoms with Gasteiger partial charge in [-0.1, -0.05) is 25.0 Å². The molecular weight excluding hydrogens is 296 g/mol. The third-order valence-electron chi connectivity index (χ3n) is 4.51. The molecule has 0 saturated carbocycles. The number of pyridine rings is 1. The fourth-order valence-corrected chi connectivity index (χ4v) is 5.31. The first-order chi connectivity index (χ1) is 10.5. The van der Waals surface area contributed by atoms with Gasteiger partial charge in [-0.25, -0.2) is 8.42 Å². The topological polar surface area (TPSA) is 50.3 Å². The van der Waals surface area contributed by atoms with Crippen molar-refractivity contribution in [1.29, 1.82) is 0 Å². The predicted octanol–water partition coefficient (Wildman–Crippen LogP) is 3.50. The molecule has 22 heavy (non-hydrogen) atoms. The largest absolute Gasteiger partial charge is 0.264 e. The van der Waals surface area contributed by atoms with E-state index in [2.05, 4.69) is 4.98 Å². The molecule has 0 spiro atoms. The maximum absolute atomic E-state index is 13.2. The molecular formula is C17H22N2O2S. The highest BCUT2D eigenvalue weighted by Gasteiger charge is 2.31. The molecule has 2 aromatic rings. The van der Waals surface area contributed by atoms with E-state index in [1.807, 2.05) is 19.9 Å². The highest BCUT2D eigenvalue weighted by molar-refractivity contribution is 7.89. The minimum atomic E-state index is -3.48. The van der Waals surface area contributed by atoms with Crippen molar-refractivity contribution in [2.45, 2.75) is 50.5 Å². The van der Waals surface area contributed by atoms with E-state index in [4.69, 9.17) is 0 Å². The Labute approximate surface area is 132 Å². The molecule has 0 aliphatic carbocycles. The Morgan fingerprint density at radius 1 is 1.18 bits per heavy atom. The zero-order valence-electron chi connectivity index (χ0n) is 13.1. The van der Waals surface area contributed by atoms with Crippen molar-refractivity contribution >= 4 is 20.8 Å². The molecule has 118 valence electrons. The molecule has 2 heterocycles. The number of fused-ring (bicyclic) bond motifs is 1. The Hall–Kier alpha value is -1.46. The first-order valence-electron chi connectivity index (χ1n) is 7.87. The van der Waals surface area contributed by atoms with Crippen LogP contribution >= 0.6 is 0 Å². The molecule has 3 rings (SSSR count). The number of aromatic nitrogens is 1. The van der Waals surface area contributed by atoms with Gasteiger partial charge in [0.1, 0.15) is 0 Å². The molecule has 1 fully saturated rings. The summed E-state index contributed by atoms with van der Waals surface area (Å²) in [5, 5.41) is 1.68. The predicted molar refractivity (Wildman–Crippen MR) is 88.3 cm³/mol. The van der Waals surface area contributed by atoms with Gasteiger partial charge in [0.05, 0.1) is 4.90 Å². The average Bonchev–Trinajstić information content (AvgIpc) is 2.72. The van der Waals surface area contributed by atoms with Crippen LogP contribution in [0.15, 0.2) is 35.5 Å². The Morgan fingerprint density at radius 3 is 2.82 bits per heavy atom. The lowest BCUT2D eigenvalue weighted by atomic mass is 10.1. The first kappa shape index (κ1) is 15.4. The van der Waals surface area contributed by atoms with Crippen molar-refractivity contribution in [3.8, 4) is 0 Å². The third-order valence-corrected chi connectivity index (χ3v) is 6.57. The summed E-state index contributed by atoms with van der Waals surface area (Å²) in [5.41, 5.74) is 0.902. The molecule has 1 atom stereocenters. The number of hydrogen-bond acceptors (Lipinski definition) is 3. The van der Waals surface area contributed by atoms with Crippen LogP contribution in [-0.2, 0) is 10.0 Å². The summed E-state index contributed by atoms with van der Waals surface area (Å²) in [4.78, 5) is 4.59. The Balaban J connectivity index is 2.17. The van der Waals surface area contributed by atoms with E-state index in [1.54, 1.807) is 28.8 Å². The van der Waals surface area contributed by atoms with Crippen LogP contribution in [0, 0.1) is 6.92 Å². The molecule has 4 nitrogen and oxygen atoms in total. The Kier molecular flexibility index (Phi) is 4.19. The maximum atomic E-state index is 13.2.